The van der Waals surface area contributed by atoms with E-state index in [1.54, 1.807) is 7.11 Å². The van der Waals surface area contributed by atoms with Crippen molar-refractivity contribution in [2.24, 2.45) is 0 Å². The second kappa shape index (κ2) is 7.01. The molecule has 102 valence electrons. The minimum absolute atomic E-state index is 0.0998. The van der Waals surface area contributed by atoms with Gasteiger partial charge in [-0.25, -0.2) is 4.68 Å². The Bertz CT molecular complexity index is 497. The molecule has 1 N–H and O–H groups in total. The SMILES string of the molecule is COCc1c(CO)nnn1CCCc1ccccc1. The number of aryl methyl sites for hydroxylation is 2. The Labute approximate surface area is 112 Å². The van der Waals surface area contributed by atoms with Crippen LogP contribution in [-0.2, 0) is 30.9 Å². The third-order valence-electron chi connectivity index (χ3n) is 3.03. The molecule has 0 amide bonds. The van der Waals surface area contributed by atoms with Gasteiger partial charge >= 0.3 is 0 Å². The van der Waals surface area contributed by atoms with Crippen molar-refractivity contribution in [2.75, 3.05) is 7.11 Å². The molecule has 0 saturated carbocycles. The topological polar surface area (TPSA) is 60.2 Å². The van der Waals surface area contributed by atoms with Crippen molar-refractivity contribution >= 4 is 0 Å². The summed E-state index contributed by atoms with van der Waals surface area (Å²) in [6.07, 6.45) is 1.98. The minimum atomic E-state index is -0.0998. The molecule has 5 nitrogen and oxygen atoms in total. The van der Waals surface area contributed by atoms with Crippen molar-refractivity contribution in [3.05, 3.63) is 47.3 Å². The first-order valence-corrected chi connectivity index (χ1v) is 6.40. The Balaban J connectivity index is 1.94. The average Bonchev–Trinajstić information content (AvgIpc) is 2.83. The van der Waals surface area contributed by atoms with Gasteiger partial charge in [0, 0.05) is 13.7 Å². The standard InChI is InChI=1S/C14H19N3O2/c1-19-11-14-13(10-18)15-16-17(14)9-5-8-12-6-3-2-4-7-12/h2-4,6-7,18H,5,8-11H2,1H3. The van der Waals surface area contributed by atoms with Crippen LogP contribution in [0.2, 0.25) is 0 Å². The van der Waals surface area contributed by atoms with Gasteiger partial charge in [0.25, 0.3) is 0 Å². The van der Waals surface area contributed by atoms with Crippen LogP contribution in [-0.4, -0.2) is 27.2 Å². The molecule has 0 aliphatic heterocycles. The summed E-state index contributed by atoms with van der Waals surface area (Å²) in [5.41, 5.74) is 2.78. The van der Waals surface area contributed by atoms with E-state index in [2.05, 4.69) is 22.4 Å². The van der Waals surface area contributed by atoms with Gasteiger partial charge in [-0.15, -0.1) is 5.10 Å². The van der Waals surface area contributed by atoms with E-state index in [0.717, 1.165) is 25.1 Å². The molecule has 5 heteroatoms. The Morgan fingerprint density at radius 1 is 1.26 bits per heavy atom. The molecule has 0 aliphatic carbocycles. The van der Waals surface area contributed by atoms with Crippen molar-refractivity contribution in [1.29, 1.82) is 0 Å². The Morgan fingerprint density at radius 2 is 2.05 bits per heavy atom. The second-order valence-corrected chi connectivity index (χ2v) is 4.39. The van der Waals surface area contributed by atoms with Crippen molar-refractivity contribution in [3.8, 4) is 0 Å². The third-order valence-corrected chi connectivity index (χ3v) is 3.03. The molecule has 0 aliphatic rings. The van der Waals surface area contributed by atoms with Crippen LogP contribution in [0.5, 0.6) is 0 Å². The number of aliphatic hydroxyl groups is 1. The monoisotopic (exact) mass is 261 g/mol. The summed E-state index contributed by atoms with van der Waals surface area (Å²) >= 11 is 0. The predicted molar refractivity (Wildman–Crippen MR) is 71.4 cm³/mol. The molecule has 2 rings (SSSR count). The van der Waals surface area contributed by atoms with E-state index in [1.807, 2.05) is 22.9 Å². The van der Waals surface area contributed by atoms with Gasteiger partial charge in [-0.3, -0.25) is 0 Å². The second-order valence-electron chi connectivity index (χ2n) is 4.39. The van der Waals surface area contributed by atoms with Crippen LogP contribution in [0.3, 0.4) is 0 Å². The van der Waals surface area contributed by atoms with Gasteiger partial charge in [-0.2, -0.15) is 0 Å². The minimum Gasteiger partial charge on any atom is -0.390 e. The van der Waals surface area contributed by atoms with Crippen molar-refractivity contribution < 1.29 is 9.84 Å². The summed E-state index contributed by atoms with van der Waals surface area (Å²) in [7, 11) is 1.63. The maximum Gasteiger partial charge on any atom is 0.114 e. The molecule has 0 saturated heterocycles. The van der Waals surface area contributed by atoms with E-state index in [1.165, 1.54) is 5.56 Å². The van der Waals surface area contributed by atoms with E-state index in [-0.39, 0.29) is 6.61 Å². The number of nitrogens with zero attached hydrogens (tertiary/aromatic N) is 3. The summed E-state index contributed by atoms with van der Waals surface area (Å²) in [5, 5.41) is 17.2. The van der Waals surface area contributed by atoms with Gasteiger partial charge in [0.15, 0.2) is 0 Å². The van der Waals surface area contributed by atoms with Crippen molar-refractivity contribution in [1.82, 2.24) is 15.0 Å². The number of aliphatic hydroxyl groups excluding tert-OH is 1. The zero-order valence-corrected chi connectivity index (χ0v) is 11.1. The molecular weight excluding hydrogens is 242 g/mol. The number of hydrogen-bond donors (Lipinski definition) is 1. The first-order valence-electron chi connectivity index (χ1n) is 6.40. The van der Waals surface area contributed by atoms with Crippen LogP contribution in [0.15, 0.2) is 30.3 Å². The molecule has 19 heavy (non-hydrogen) atoms. The van der Waals surface area contributed by atoms with Crippen molar-refractivity contribution in [3.63, 3.8) is 0 Å². The quantitative estimate of drug-likeness (QED) is 0.821. The van der Waals surface area contributed by atoms with E-state index >= 15 is 0 Å². The molecule has 1 aromatic heterocycles. The highest BCUT2D eigenvalue weighted by molar-refractivity contribution is 5.14. The molecular formula is C14H19N3O2. The Morgan fingerprint density at radius 3 is 2.74 bits per heavy atom. The molecule has 1 aromatic carbocycles. The first-order chi connectivity index (χ1) is 9.35. The van der Waals surface area contributed by atoms with Crippen LogP contribution in [0.4, 0.5) is 0 Å². The highest BCUT2D eigenvalue weighted by Gasteiger charge is 2.11. The molecule has 0 spiro atoms. The number of rotatable bonds is 7. The molecule has 0 fully saturated rings. The highest BCUT2D eigenvalue weighted by Crippen LogP contribution is 2.09. The van der Waals surface area contributed by atoms with Gasteiger partial charge in [0.05, 0.1) is 18.9 Å². The van der Waals surface area contributed by atoms with E-state index in [4.69, 9.17) is 4.74 Å². The van der Waals surface area contributed by atoms with Crippen LogP contribution < -0.4 is 0 Å². The fourth-order valence-electron chi connectivity index (χ4n) is 2.04. The first kappa shape index (κ1) is 13.7. The lowest BCUT2D eigenvalue weighted by atomic mass is 10.1. The number of ether oxygens (including phenoxy) is 1. The lowest BCUT2D eigenvalue weighted by molar-refractivity contribution is 0.172. The molecule has 1 heterocycles. The lowest BCUT2D eigenvalue weighted by Gasteiger charge is -2.06. The molecule has 2 aromatic rings. The summed E-state index contributed by atoms with van der Waals surface area (Å²) < 4.78 is 6.94. The largest absolute Gasteiger partial charge is 0.390 e. The highest BCUT2D eigenvalue weighted by atomic mass is 16.5. The van der Waals surface area contributed by atoms with Crippen LogP contribution in [0.25, 0.3) is 0 Å². The molecule has 0 bridgehead atoms. The lowest BCUT2D eigenvalue weighted by Crippen LogP contribution is -2.08. The van der Waals surface area contributed by atoms with Gasteiger partial charge in [0.2, 0.25) is 0 Å². The van der Waals surface area contributed by atoms with Gasteiger partial charge in [0.1, 0.15) is 5.69 Å². The number of aromatic nitrogens is 3. The van der Waals surface area contributed by atoms with E-state index < -0.39 is 0 Å². The van der Waals surface area contributed by atoms with Crippen LogP contribution in [0, 0.1) is 0 Å². The maximum atomic E-state index is 9.19. The summed E-state index contributed by atoms with van der Waals surface area (Å²) in [6, 6.07) is 10.4. The zero-order valence-electron chi connectivity index (χ0n) is 11.1. The maximum absolute atomic E-state index is 9.19. The molecule has 0 atom stereocenters. The van der Waals surface area contributed by atoms with Crippen LogP contribution in [0.1, 0.15) is 23.4 Å². The zero-order chi connectivity index (χ0) is 13.5. The van der Waals surface area contributed by atoms with Crippen molar-refractivity contribution in [2.45, 2.75) is 32.6 Å². The fraction of sp³-hybridized carbons (Fsp3) is 0.429. The van der Waals surface area contributed by atoms with Crippen LogP contribution >= 0.6 is 0 Å². The Hall–Kier alpha value is -1.72. The predicted octanol–water partition coefficient (Wildman–Crippen LogP) is 1.55. The third kappa shape index (κ3) is 3.62. The summed E-state index contributed by atoms with van der Waals surface area (Å²) in [4.78, 5) is 0. The number of hydrogen-bond acceptors (Lipinski definition) is 4. The van der Waals surface area contributed by atoms with Gasteiger partial charge < -0.3 is 9.84 Å². The summed E-state index contributed by atoms with van der Waals surface area (Å²) in [5.74, 6) is 0. The summed E-state index contributed by atoms with van der Waals surface area (Å²) in [6.45, 7) is 1.10. The normalized spacial score (nSPS) is 10.8. The van der Waals surface area contributed by atoms with Gasteiger partial charge in [-0.05, 0) is 18.4 Å². The molecule has 0 radical (unpaired) electrons. The number of benzene rings is 1. The van der Waals surface area contributed by atoms with E-state index in [0.29, 0.717) is 12.3 Å². The average molecular weight is 261 g/mol. The number of methoxy groups -OCH3 is 1. The fourth-order valence-corrected chi connectivity index (χ4v) is 2.04. The Kier molecular flexibility index (Phi) is 5.06. The van der Waals surface area contributed by atoms with Gasteiger partial charge in [-0.1, -0.05) is 35.5 Å². The van der Waals surface area contributed by atoms with E-state index in [9.17, 15) is 5.11 Å². The molecule has 0 unspecified atom stereocenters. The smallest absolute Gasteiger partial charge is 0.114 e.